The SMILES string of the molecule is C[O+]=c1cc2oc(-c3ccc(O)c(O)c3)cc3c(O)c(-c4ccc(O)c(O)c4)oc(c1)c23. The van der Waals surface area contributed by atoms with Crippen LogP contribution in [0.2, 0.25) is 0 Å². The van der Waals surface area contributed by atoms with Crippen molar-refractivity contribution in [2.75, 3.05) is 7.11 Å². The number of hydrogen-bond donors (Lipinski definition) is 5. The lowest BCUT2D eigenvalue weighted by Gasteiger charge is -2.13. The Morgan fingerprint density at radius 2 is 1.25 bits per heavy atom. The molecule has 0 fully saturated rings. The molecule has 0 bridgehead atoms. The highest BCUT2D eigenvalue weighted by Crippen LogP contribution is 2.44. The van der Waals surface area contributed by atoms with Gasteiger partial charge in [-0.15, -0.1) is 0 Å². The molecule has 0 saturated carbocycles. The topological polar surface area (TPSA) is 139 Å². The van der Waals surface area contributed by atoms with Crippen molar-refractivity contribution in [3.05, 3.63) is 64.5 Å². The smallest absolute Gasteiger partial charge is 0.350 e. The summed E-state index contributed by atoms with van der Waals surface area (Å²) in [5.74, 6) is -1.10. The highest BCUT2D eigenvalue weighted by Gasteiger charge is 2.21. The summed E-state index contributed by atoms with van der Waals surface area (Å²) in [7, 11) is 1.49. The summed E-state index contributed by atoms with van der Waals surface area (Å²) in [5.41, 5.74) is 1.97. The van der Waals surface area contributed by atoms with Gasteiger partial charge in [0.05, 0.1) is 17.5 Å². The van der Waals surface area contributed by atoms with Crippen LogP contribution in [0.3, 0.4) is 0 Å². The summed E-state index contributed by atoms with van der Waals surface area (Å²) in [6, 6.07) is 13.2. The van der Waals surface area contributed by atoms with E-state index in [4.69, 9.17) is 13.3 Å². The van der Waals surface area contributed by atoms with Crippen LogP contribution in [0.5, 0.6) is 28.7 Å². The van der Waals surface area contributed by atoms with Crippen LogP contribution in [-0.2, 0) is 0 Å². The van der Waals surface area contributed by atoms with Crippen LogP contribution in [-0.4, -0.2) is 32.6 Å². The van der Waals surface area contributed by atoms with Gasteiger partial charge in [0.25, 0.3) is 7.11 Å². The second-order valence-electron chi connectivity index (χ2n) is 7.21. The minimum atomic E-state index is -0.365. The Labute approximate surface area is 179 Å². The Bertz CT molecular complexity index is 1570. The Morgan fingerprint density at radius 3 is 1.88 bits per heavy atom. The zero-order valence-electron chi connectivity index (χ0n) is 16.7. The Morgan fingerprint density at radius 1 is 0.656 bits per heavy atom. The second kappa shape index (κ2) is 6.98. The molecule has 5 aromatic rings. The quantitative estimate of drug-likeness (QED) is 0.203. The van der Waals surface area contributed by atoms with E-state index in [0.717, 1.165) is 0 Å². The highest BCUT2D eigenvalue weighted by molar-refractivity contribution is 6.10. The Kier molecular flexibility index (Phi) is 4.23. The number of aromatic hydroxyl groups is 5. The fourth-order valence-corrected chi connectivity index (χ4v) is 3.61. The molecular formula is C24H17O8+. The summed E-state index contributed by atoms with van der Waals surface area (Å²) >= 11 is 0. The van der Waals surface area contributed by atoms with Gasteiger partial charge >= 0.3 is 5.43 Å². The number of phenolic OH excluding ortho intramolecular Hbond substituents is 4. The molecule has 160 valence electrons. The zero-order valence-corrected chi connectivity index (χ0v) is 16.7. The summed E-state index contributed by atoms with van der Waals surface area (Å²) < 4.78 is 17.3. The van der Waals surface area contributed by atoms with E-state index in [1.54, 1.807) is 24.3 Å². The third-order valence-electron chi connectivity index (χ3n) is 5.22. The summed E-state index contributed by atoms with van der Waals surface area (Å²) in [4.78, 5) is 0. The van der Waals surface area contributed by atoms with Crippen molar-refractivity contribution in [3.8, 4) is 51.4 Å². The van der Waals surface area contributed by atoms with Crippen molar-refractivity contribution in [2.24, 2.45) is 0 Å². The van der Waals surface area contributed by atoms with Gasteiger partial charge in [-0.2, -0.15) is 0 Å². The van der Waals surface area contributed by atoms with Gasteiger partial charge in [0.1, 0.15) is 16.9 Å². The lowest BCUT2D eigenvalue weighted by atomic mass is 10.0. The van der Waals surface area contributed by atoms with E-state index in [0.29, 0.717) is 44.3 Å². The molecule has 32 heavy (non-hydrogen) atoms. The average molecular weight is 433 g/mol. The van der Waals surface area contributed by atoms with E-state index in [-0.39, 0.29) is 34.5 Å². The molecule has 0 aliphatic rings. The normalized spacial score (nSPS) is 12.1. The molecule has 2 heterocycles. The van der Waals surface area contributed by atoms with Crippen molar-refractivity contribution in [1.29, 1.82) is 0 Å². The molecular weight excluding hydrogens is 416 g/mol. The van der Waals surface area contributed by atoms with Gasteiger partial charge in [-0.3, -0.25) is 4.42 Å². The van der Waals surface area contributed by atoms with Crippen molar-refractivity contribution in [3.63, 3.8) is 0 Å². The zero-order chi connectivity index (χ0) is 22.6. The van der Waals surface area contributed by atoms with Gasteiger partial charge in [-0.25, -0.2) is 0 Å². The van der Waals surface area contributed by atoms with Gasteiger partial charge in [0.2, 0.25) is 0 Å². The van der Waals surface area contributed by atoms with Crippen LogP contribution < -0.4 is 5.43 Å². The van der Waals surface area contributed by atoms with Crippen LogP contribution in [0.4, 0.5) is 0 Å². The first kappa shape index (κ1) is 19.4. The van der Waals surface area contributed by atoms with E-state index in [9.17, 15) is 25.5 Å². The summed E-state index contributed by atoms with van der Waals surface area (Å²) in [6.45, 7) is 0. The van der Waals surface area contributed by atoms with Crippen LogP contribution in [0.1, 0.15) is 0 Å². The average Bonchev–Trinajstić information content (AvgIpc) is 2.79. The predicted molar refractivity (Wildman–Crippen MR) is 117 cm³/mol. The van der Waals surface area contributed by atoms with E-state index in [2.05, 4.69) is 0 Å². The van der Waals surface area contributed by atoms with Crippen LogP contribution >= 0.6 is 0 Å². The monoisotopic (exact) mass is 433 g/mol. The molecule has 0 radical (unpaired) electrons. The molecule has 2 aromatic heterocycles. The fraction of sp³-hybridized carbons (Fsp3) is 0.0417. The molecule has 3 aromatic carbocycles. The van der Waals surface area contributed by atoms with Crippen molar-refractivity contribution < 1.29 is 34.4 Å². The lowest BCUT2D eigenvalue weighted by molar-refractivity contribution is 0.403. The van der Waals surface area contributed by atoms with Gasteiger partial charge in [-0.1, -0.05) is 0 Å². The Hall–Kier alpha value is -4.59. The molecule has 8 nitrogen and oxygen atoms in total. The van der Waals surface area contributed by atoms with Crippen molar-refractivity contribution in [1.82, 2.24) is 0 Å². The van der Waals surface area contributed by atoms with Gasteiger partial charge < -0.3 is 34.4 Å². The molecule has 5 rings (SSSR count). The molecule has 0 aliphatic heterocycles. The van der Waals surface area contributed by atoms with Crippen molar-refractivity contribution >= 4 is 21.9 Å². The Balaban J connectivity index is 1.88. The standard InChI is InChI=1S/C24H16O8/c1-30-13-8-20-22-14(10-19(31-20)11-2-4-15(25)17(27)6-11)23(29)24(32-21(22)9-13)12-3-5-16(26)18(28)7-12/h2-10H,1H3,(H4-,25,26,27,28,29)/p+1. The third-order valence-corrected chi connectivity index (χ3v) is 5.22. The number of benzene rings is 3. The molecule has 0 amide bonds. The van der Waals surface area contributed by atoms with E-state index >= 15 is 0 Å². The van der Waals surface area contributed by atoms with Crippen LogP contribution in [0.15, 0.2) is 67.9 Å². The maximum atomic E-state index is 11.1. The molecule has 0 unspecified atom stereocenters. The van der Waals surface area contributed by atoms with Gasteiger partial charge in [-0.05, 0) is 42.5 Å². The second-order valence-corrected chi connectivity index (χ2v) is 7.21. The van der Waals surface area contributed by atoms with Crippen LogP contribution in [0.25, 0.3) is 44.6 Å². The number of rotatable bonds is 2. The number of hydrogen-bond acceptors (Lipinski definition) is 7. The molecule has 0 saturated heterocycles. The largest absolute Gasteiger partial charge is 0.504 e. The third kappa shape index (κ3) is 2.97. The van der Waals surface area contributed by atoms with Crippen LogP contribution in [0, 0.1) is 0 Å². The van der Waals surface area contributed by atoms with E-state index in [1.165, 1.54) is 37.4 Å². The minimum Gasteiger partial charge on any atom is -0.504 e. The molecule has 0 spiro atoms. The van der Waals surface area contributed by atoms with Gasteiger partial charge in [0, 0.05) is 16.5 Å². The summed E-state index contributed by atoms with van der Waals surface area (Å²) in [6.07, 6.45) is 0. The first-order chi connectivity index (χ1) is 15.4. The first-order valence-corrected chi connectivity index (χ1v) is 9.51. The first-order valence-electron chi connectivity index (χ1n) is 9.51. The highest BCUT2D eigenvalue weighted by atomic mass is 16.4. The maximum Gasteiger partial charge on any atom is 0.350 e. The minimum absolute atomic E-state index is 0.0630. The van der Waals surface area contributed by atoms with Crippen molar-refractivity contribution in [2.45, 2.75) is 0 Å². The van der Waals surface area contributed by atoms with E-state index in [1.807, 2.05) is 0 Å². The fourth-order valence-electron chi connectivity index (χ4n) is 3.61. The molecule has 0 aliphatic carbocycles. The van der Waals surface area contributed by atoms with Gasteiger partial charge in [0.15, 0.2) is 34.5 Å². The van der Waals surface area contributed by atoms with E-state index < -0.39 is 0 Å². The summed E-state index contributed by atoms with van der Waals surface area (Å²) in [5, 5.41) is 51.0. The number of phenols is 4. The predicted octanol–water partition coefficient (Wildman–Crippen LogP) is 4.57. The molecule has 8 heteroatoms. The lowest BCUT2D eigenvalue weighted by Crippen LogP contribution is -2.00. The maximum absolute atomic E-state index is 11.1. The molecule has 0 atom stereocenters. The molecule has 5 N–H and O–H groups in total.